The fourth-order valence-corrected chi connectivity index (χ4v) is 2.87. The monoisotopic (exact) mass is 261 g/mol. The van der Waals surface area contributed by atoms with Gasteiger partial charge in [0, 0.05) is 19.3 Å². The number of sulfonamides is 1. The molecule has 1 aromatic heterocycles. The van der Waals surface area contributed by atoms with Gasteiger partial charge < -0.3 is 5.11 Å². The molecule has 0 atom stereocenters. The van der Waals surface area contributed by atoms with Crippen molar-refractivity contribution in [1.29, 1.82) is 0 Å². The third kappa shape index (κ3) is 3.04. The van der Waals surface area contributed by atoms with Crippen molar-refractivity contribution in [2.75, 3.05) is 6.54 Å². The third-order valence-corrected chi connectivity index (χ3v) is 4.04. The van der Waals surface area contributed by atoms with Crippen LogP contribution in [-0.2, 0) is 21.9 Å². The van der Waals surface area contributed by atoms with E-state index in [-0.39, 0.29) is 5.03 Å². The molecule has 96 valence electrons. The van der Waals surface area contributed by atoms with Gasteiger partial charge >= 0.3 is 5.97 Å². The van der Waals surface area contributed by atoms with Crippen molar-refractivity contribution in [2.24, 2.45) is 7.05 Å². The van der Waals surface area contributed by atoms with Crippen molar-refractivity contribution in [3.05, 3.63) is 12.3 Å². The first-order valence-corrected chi connectivity index (χ1v) is 6.42. The van der Waals surface area contributed by atoms with Gasteiger partial charge in [0.25, 0.3) is 10.0 Å². The molecular formula is C9H15N3O4S. The van der Waals surface area contributed by atoms with E-state index in [1.54, 1.807) is 20.9 Å². The molecule has 0 aliphatic heterocycles. The van der Waals surface area contributed by atoms with Gasteiger partial charge in [-0.05, 0) is 19.9 Å². The van der Waals surface area contributed by atoms with Crippen LogP contribution in [0.15, 0.2) is 17.3 Å². The minimum absolute atomic E-state index is 0.144. The quantitative estimate of drug-likeness (QED) is 0.799. The number of carbonyl (C=O) groups is 1. The van der Waals surface area contributed by atoms with E-state index >= 15 is 0 Å². The number of rotatable bonds is 5. The summed E-state index contributed by atoms with van der Waals surface area (Å²) in [5, 5.41) is 12.4. The van der Waals surface area contributed by atoms with Crippen molar-refractivity contribution in [3.8, 4) is 0 Å². The number of nitrogens with zero attached hydrogens (tertiary/aromatic N) is 3. The number of carboxylic acid groups (broad SMARTS) is 1. The molecule has 0 aliphatic rings. The van der Waals surface area contributed by atoms with Gasteiger partial charge in [-0.1, -0.05) is 0 Å². The summed E-state index contributed by atoms with van der Waals surface area (Å²) in [6.07, 6.45) is 1.49. The zero-order valence-corrected chi connectivity index (χ0v) is 10.7. The lowest BCUT2D eigenvalue weighted by Crippen LogP contribution is -2.40. The van der Waals surface area contributed by atoms with Crippen LogP contribution in [0.3, 0.4) is 0 Å². The van der Waals surface area contributed by atoms with Gasteiger partial charge in [0.2, 0.25) is 0 Å². The summed E-state index contributed by atoms with van der Waals surface area (Å²) >= 11 is 0. The van der Waals surface area contributed by atoms with Crippen LogP contribution in [-0.4, -0.2) is 46.2 Å². The summed E-state index contributed by atoms with van der Waals surface area (Å²) in [6.45, 7) is 2.66. The van der Waals surface area contributed by atoms with Crippen LogP contribution in [0.4, 0.5) is 0 Å². The highest BCUT2D eigenvalue weighted by Crippen LogP contribution is 2.15. The standard InChI is InChI=1S/C9H15N3O4S/c1-7(2)12(6-9(13)14)17(15,16)8-4-5-11(3)10-8/h4-5,7H,6H2,1-3H3,(H,13,14). The maximum atomic E-state index is 12.1. The molecule has 1 N–H and O–H groups in total. The number of hydrogen-bond donors (Lipinski definition) is 1. The summed E-state index contributed by atoms with van der Waals surface area (Å²) in [6, 6.07) is 0.894. The minimum atomic E-state index is -3.85. The van der Waals surface area contributed by atoms with Gasteiger partial charge in [0.05, 0.1) is 0 Å². The Kier molecular flexibility index (Phi) is 3.89. The Morgan fingerprint density at radius 1 is 1.59 bits per heavy atom. The van der Waals surface area contributed by atoms with Gasteiger partial charge in [0.15, 0.2) is 5.03 Å². The van der Waals surface area contributed by atoms with Gasteiger partial charge in [-0.25, -0.2) is 8.42 Å². The summed E-state index contributed by atoms with van der Waals surface area (Å²) < 4.78 is 26.5. The predicted octanol–water partition coefficient (Wildman–Crippen LogP) is -0.0962. The van der Waals surface area contributed by atoms with Crippen LogP contribution in [0.25, 0.3) is 0 Å². The van der Waals surface area contributed by atoms with E-state index in [4.69, 9.17) is 5.11 Å². The summed E-state index contributed by atoms with van der Waals surface area (Å²) in [7, 11) is -2.26. The second-order valence-electron chi connectivity index (χ2n) is 3.87. The average Bonchev–Trinajstić information content (AvgIpc) is 2.61. The summed E-state index contributed by atoms with van der Waals surface area (Å²) in [5.74, 6) is -1.20. The molecule has 0 aliphatic carbocycles. The van der Waals surface area contributed by atoms with Gasteiger partial charge in [-0.2, -0.15) is 9.40 Å². The highest BCUT2D eigenvalue weighted by Gasteiger charge is 2.30. The molecule has 1 rings (SSSR count). The summed E-state index contributed by atoms with van der Waals surface area (Å²) in [4.78, 5) is 10.7. The molecule has 0 aromatic carbocycles. The Labute approximate surface area is 99.7 Å². The topological polar surface area (TPSA) is 92.5 Å². The summed E-state index contributed by atoms with van der Waals surface area (Å²) in [5.41, 5.74) is 0. The SMILES string of the molecule is CC(C)N(CC(=O)O)S(=O)(=O)c1ccn(C)n1. The Balaban J connectivity index is 3.13. The lowest BCUT2D eigenvalue weighted by atomic mass is 10.4. The number of hydrogen-bond acceptors (Lipinski definition) is 4. The Morgan fingerprint density at radius 2 is 2.18 bits per heavy atom. The first-order valence-electron chi connectivity index (χ1n) is 4.98. The number of aromatic nitrogens is 2. The minimum Gasteiger partial charge on any atom is -0.480 e. The van der Waals surface area contributed by atoms with Crippen LogP contribution in [0.1, 0.15) is 13.8 Å². The number of aryl methyl sites for hydroxylation is 1. The molecular weight excluding hydrogens is 246 g/mol. The first-order chi connectivity index (χ1) is 7.75. The molecule has 0 saturated heterocycles. The number of carboxylic acids is 1. The molecule has 0 saturated carbocycles. The normalized spacial score (nSPS) is 12.3. The van der Waals surface area contributed by atoms with Crippen LogP contribution < -0.4 is 0 Å². The van der Waals surface area contributed by atoms with E-state index in [0.29, 0.717) is 0 Å². The third-order valence-electron chi connectivity index (χ3n) is 2.13. The molecule has 0 fully saturated rings. The highest BCUT2D eigenvalue weighted by atomic mass is 32.2. The van der Waals surface area contributed by atoms with Crippen LogP contribution in [0.2, 0.25) is 0 Å². The molecule has 7 nitrogen and oxygen atoms in total. The maximum Gasteiger partial charge on any atom is 0.318 e. The van der Waals surface area contributed by atoms with Gasteiger partial charge in [-0.15, -0.1) is 0 Å². The predicted molar refractivity (Wildman–Crippen MR) is 59.9 cm³/mol. The van der Waals surface area contributed by atoms with Gasteiger partial charge in [0.1, 0.15) is 6.54 Å². The molecule has 0 unspecified atom stereocenters. The molecule has 0 radical (unpaired) electrons. The van der Waals surface area contributed by atoms with E-state index < -0.39 is 28.6 Å². The molecule has 17 heavy (non-hydrogen) atoms. The van der Waals surface area contributed by atoms with Gasteiger partial charge in [-0.3, -0.25) is 9.48 Å². The average molecular weight is 261 g/mol. The molecule has 1 heterocycles. The first kappa shape index (κ1) is 13.7. The van der Waals surface area contributed by atoms with E-state index in [0.717, 1.165) is 4.31 Å². The van der Waals surface area contributed by atoms with Crippen LogP contribution in [0, 0.1) is 0 Å². The van der Waals surface area contributed by atoms with Crippen LogP contribution >= 0.6 is 0 Å². The second kappa shape index (κ2) is 4.84. The lowest BCUT2D eigenvalue weighted by molar-refractivity contribution is -0.137. The van der Waals surface area contributed by atoms with E-state index in [2.05, 4.69) is 5.10 Å². The Hall–Kier alpha value is -1.41. The fraction of sp³-hybridized carbons (Fsp3) is 0.556. The van der Waals surface area contributed by atoms with Crippen molar-refractivity contribution < 1.29 is 18.3 Å². The zero-order chi connectivity index (χ0) is 13.2. The van der Waals surface area contributed by atoms with E-state index in [1.807, 2.05) is 0 Å². The van der Waals surface area contributed by atoms with Crippen molar-refractivity contribution in [3.63, 3.8) is 0 Å². The zero-order valence-electron chi connectivity index (χ0n) is 9.86. The maximum absolute atomic E-state index is 12.1. The smallest absolute Gasteiger partial charge is 0.318 e. The Bertz CT molecular complexity index is 506. The molecule has 1 aromatic rings. The Morgan fingerprint density at radius 3 is 2.53 bits per heavy atom. The number of aliphatic carboxylic acids is 1. The van der Waals surface area contributed by atoms with Crippen LogP contribution in [0.5, 0.6) is 0 Å². The lowest BCUT2D eigenvalue weighted by Gasteiger charge is -2.22. The second-order valence-corrected chi connectivity index (χ2v) is 5.70. The highest BCUT2D eigenvalue weighted by molar-refractivity contribution is 7.89. The van der Waals surface area contributed by atoms with Crippen molar-refractivity contribution in [2.45, 2.75) is 24.9 Å². The molecule has 8 heteroatoms. The molecule has 0 spiro atoms. The fourth-order valence-electron chi connectivity index (χ4n) is 1.33. The molecule has 0 amide bonds. The van der Waals surface area contributed by atoms with Crippen molar-refractivity contribution in [1.82, 2.24) is 14.1 Å². The largest absolute Gasteiger partial charge is 0.480 e. The van der Waals surface area contributed by atoms with E-state index in [1.165, 1.54) is 16.9 Å². The van der Waals surface area contributed by atoms with E-state index in [9.17, 15) is 13.2 Å². The van der Waals surface area contributed by atoms with Crippen molar-refractivity contribution >= 4 is 16.0 Å². The molecule has 0 bridgehead atoms.